The first-order valence-corrected chi connectivity index (χ1v) is 10.0. The zero-order chi connectivity index (χ0) is 18.2. The Kier molecular flexibility index (Phi) is 9.36. The summed E-state index contributed by atoms with van der Waals surface area (Å²) in [5.74, 6) is 0.828. The molecule has 3 rings (SSSR count). The largest absolute Gasteiger partial charge is 0.378 e. The minimum atomic E-state index is 0. The van der Waals surface area contributed by atoms with Gasteiger partial charge in [-0.2, -0.15) is 0 Å². The quantitative estimate of drug-likeness (QED) is 0.362. The molecule has 1 aliphatic heterocycles. The van der Waals surface area contributed by atoms with Crippen LogP contribution in [0.5, 0.6) is 0 Å². The number of thiophene rings is 1. The molecule has 1 aromatic heterocycles. The minimum absolute atomic E-state index is 0. The second-order valence-electron chi connectivity index (χ2n) is 6.27. The Labute approximate surface area is 183 Å². The van der Waals surface area contributed by atoms with Crippen LogP contribution in [0.4, 0.5) is 5.69 Å². The number of benzene rings is 1. The maximum absolute atomic E-state index is 5.41. The van der Waals surface area contributed by atoms with Crippen LogP contribution in [0.25, 0.3) is 0 Å². The molecule has 1 aliphatic rings. The van der Waals surface area contributed by atoms with Crippen molar-refractivity contribution < 1.29 is 4.74 Å². The Balaban J connectivity index is 0.00000261. The highest BCUT2D eigenvalue weighted by Gasteiger charge is 2.10. The van der Waals surface area contributed by atoms with Crippen LogP contribution in [0.1, 0.15) is 22.2 Å². The highest BCUT2D eigenvalue weighted by molar-refractivity contribution is 14.0. The topological polar surface area (TPSA) is 48.9 Å². The van der Waals surface area contributed by atoms with E-state index in [1.807, 2.05) is 18.4 Å². The zero-order valence-corrected chi connectivity index (χ0v) is 19.2. The zero-order valence-electron chi connectivity index (χ0n) is 16.0. The lowest BCUT2D eigenvalue weighted by Gasteiger charge is -2.28. The first-order valence-electron chi connectivity index (χ1n) is 9.22. The summed E-state index contributed by atoms with van der Waals surface area (Å²) in [5.41, 5.74) is 2.51. The molecule has 7 heteroatoms. The Bertz CT molecular complexity index is 711. The molecular formula is C20H29IN4OS. The predicted molar refractivity (Wildman–Crippen MR) is 126 cm³/mol. The molecule has 2 heterocycles. The van der Waals surface area contributed by atoms with Gasteiger partial charge in [0.1, 0.15) is 0 Å². The molecule has 1 aromatic carbocycles. The molecule has 2 N–H and O–H groups in total. The molecule has 1 saturated heterocycles. The van der Waals surface area contributed by atoms with Crippen LogP contribution >= 0.6 is 35.3 Å². The third kappa shape index (κ3) is 6.65. The first-order chi connectivity index (χ1) is 12.8. The van der Waals surface area contributed by atoms with E-state index in [-0.39, 0.29) is 24.0 Å². The molecule has 0 bridgehead atoms. The van der Waals surface area contributed by atoms with Gasteiger partial charge in [-0.15, -0.1) is 35.3 Å². The summed E-state index contributed by atoms with van der Waals surface area (Å²) in [6, 6.07) is 13.1. The van der Waals surface area contributed by atoms with Gasteiger partial charge in [-0.25, -0.2) is 0 Å². The number of morpholine rings is 1. The monoisotopic (exact) mass is 500 g/mol. The van der Waals surface area contributed by atoms with Crippen LogP contribution in [0.2, 0.25) is 0 Å². The highest BCUT2D eigenvalue weighted by atomic mass is 127. The lowest BCUT2D eigenvalue weighted by molar-refractivity contribution is 0.122. The van der Waals surface area contributed by atoms with Crippen LogP contribution in [0, 0.1) is 0 Å². The summed E-state index contributed by atoms with van der Waals surface area (Å²) >= 11 is 1.86. The van der Waals surface area contributed by atoms with Crippen molar-refractivity contribution >= 4 is 47.0 Å². The van der Waals surface area contributed by atoms with Crippen LogP contribution < -0.4 is 15.5 Å². The summed E-state index contributed by atoms with van der Waals surface area (Å²) in [5, 5.41) is 6.77. The number of nitrogens with zero attached hydrogens (tertiary/aromatic N) is 2. The van der Waals surface area contributed by atoms with E-state index in [2.05, 4.69) is 63.8 Å². The number of ether oxygens (including phenoxy) is 1. The summed E-state index contributed by atoms with van der Waals surface area (Å²) in [7, 11) is 1.81. The highest BCUT2D eigenvalue weighted by Crippen LogP contribution is 2.17. The van der Waals surface area contributed by atoms with E-state index >= 15 is 0 Å². The van der Waals surface area contributed by atoms with E-state index in [0.29, 0.717) is 0 Å². The molecule has 0 spiro atoms. The van der Waals surface area contributed by atoms with Crippen LogP contribution in [-0.2, 0) is 24.2 Å². The van der Waals surface area contributed by atoms with Crippen LogP contribution in [0.3, 0.4) is 0 Å². The minimum Gasteiger partial charge on any atom is -0.378 e. The number of hydrogen-bond acceptors (Lipinski definition) is 4. The molecule has 1 fully saturated rings. The number of rotatable bonds is 6. The smallest absolute Gasteiger partial charge is 0.191 e. The first kappa shape index (κ1) is 22.0. The van der Waals surface area contributed by atoms with Gasteiger partial charge in [0, 0.05) is 42.1 Å². The number of guanidine groups is 1. The van der Waals surface area contributed by atoms with E-state index in [0.717, 1.165) is 51.8 Å². The van der Waals surface area contributed by atoms with Crippen LogP contribution in [0.15, 0.2) is 41.4 Å². The van der Waals surface area contributed by atoms with E-state index in [4.69, 9.17) is 4.74 Å². The van der Waals surface area contributed by atoms with Crippen molar-refractivity contribution in [2.45, 2.75) is 26.4 Å². The molecule has 0 atom stereocenters. The summed E-state index contributed by atoms with van der Waals surface area (Å²) in [6.07, 6.45) is 1.10. The Hall–Kier alpha value is -1.32. The molecule has 0 saturated carbocycles. The van der Waals surface area contributed by atoms with Gasteiger partial charge < -0.3 is 20.3 Å². The lowest BCUT2D eigenvalue weighted by atomic mass is 10.2. The Morgan fingerprint density at radius 3 is 2.33 bits per heavy atom. The van der Waals surface area contributed by atoms with Gasteiger partial charge in [0.25, 0.3) is 0 Å². The number of halogens is 1. The van der Waals surface area contributed by atoms with Gasteiger partial charge >= 0.3 is 0 Å². The van der Waals surface area contributed by atoms with E-state index in [1.165, 1.54) is 21.0 Å². The normalized spacial score (nSPS) is 14.6. The summed E-state index contributed by atoms with van der Waals surface area (Å²) < 4.78 is 5.41. The number of anilines is 1. The van der Waals surface area contributed by atoms with E-state index < -0.39 is 0 Å². The molecule has 0 aliphatic carbocycles. The second-order valence-corrected chi connectivity index (χ2v) is 7.52. The summed E-state index contributed by atoms with van der Waals surface area (Å²) in [6.45, 7) is 7.32. The molecule has 0 amide bonds. The average Bonchev–Trinajstić information content (AvgIpc) is 3.17. The third-order valence-corrected chi connectivity index (χ3v) is 5.72. The maximum atomic E-state index is 5.41. The molecule has 0 unspecified atom stereocenters. The fourth-order valence-electron chi connectivity index (χ4n) is 2.93. The summed E-state index contributed by atoms with van der Waals surface area (Å²) in [4.78, 5) is 9.44. The van der Waals surface area contributed by atoms with E-state index in [1.54, 1.807) is 0 Å². The number of hydrogen-bond donors (Lipinski definition) is 2. The van der Waals surface area contributed by atoms with Crippen molar-refractivity contribution in [1.29, 1.82) is 0 Å². The third-order valence-electron chi connectivity index (χ3n) is 4.49. The fourth-order valence-corrected chi connectivity index (χ4v) is 3.83. The van der Waals surface area contributed by atoms with E-state index in [9.17, 15) is 0 Å². The Morgan fingerprint density at radius 1 is 1.04 bits per heavy atom. The Morgan fingerprint density at radius 2 is 1.70 bits per heavy atom. The van der Waals surface area contributed by atoms with Crippen molar-refractivity contribution in [2.24, 2.45) is 4.99 Å². The van der Waals surface area contributed by atoms with Crippen LogP contribution in [-0.4, -0.2) is 39.3 Å². The molecule has 5 nitrogen and oxygen atoms in total. The van der Waals surface area contributed by atoms with Gasteiger partial charge in [-0.05, 0) is 36.2 Å². The van der Waals surface area contributed by atoms with Crippen molar-refractivity contribution in [3.05, 3.63) is 51.7 Å². The van der Waals surface area contributed by atoms with Gasteiger partial charge in [0.15, 0.2) is 5.96 Å². The predicted octanol–water partition coefficient (Wildman–Crippen LogP) is 3.63. The fraction of sp³-hybridized carbons (Fsp3) is 0.450. The molecule has 27 heavy (non-hydrogen) atoms. The number of nitrogens with one attached hydrogen (secondary N) is 2. The second kappa shape index (κ2) is 11.5. The molecule has 2 aromatic rings. The van der Waals surface area contributed by atoms with Crippen molar-refractivity contribution in [1.82, 2.24) is 10.6 Å². The van der Waals surface area contributed by atoms with Gasteiger partial charge in [-0.1, -0.05) is 19.1 Å². The number of aryl methyl sites for hydroxylation is 1. The van der Waals surface area contributed by atoms with Gasteiger partial charge in [-0.3, -0.25) is 4.99 Å². The molecular weight excluding hydrogens is 471 g/mol. The SMILES string of the molecule is CCc1ccc(CNC(=NC)NCc2ccc(N3CCOCC3)cc2)s1.I. The average molecular weight is 500 g/mol. The van der Waals surface area contributed by atoms with Crippen molar-refractivity contribution in [3.8, 4) is 0 Å². The molecule has 0 radical (unpaired) electrons. The lowest BCUT2D eigenvalue weighted by Crippen LogP contribution is -2.36. The van der Waals surface area contributed by atoms with Crippen molar-refractivity contribution in [3.63, 3.8) is 0 Å². The van der Waals surface area contributed by atoms with Gasteiger partial charge in [0.2, 0.25) is 0 Å². The van der Waals surface area contributed by atoms with Crippen molar-refractivity contribution in [2.75, 3.05) is 38.3 Å². The van der Waals surface area contributed by atoms with Gasteiger partial charge in [0.05, 0.1) is 19.8 Å². The maximum Gasteiger partial charge on any atom is 0.191 e. The standard InChI is InChI=1S/C20H28N4OS.HI/c1-3-18-8-9-19(26-18)15-23-20(21-2)22-14-16-4-6-17(7-5-16)24-10-12-25-13-11-24;/h4-9H,3,10-15H2,1-2H3,(H2,21,22,23);1H. The molecule has 148 valence electrons. The number of aliphatic imine (C=N–C) groups is 1.